The van der Waals surface area contributed by atoms with Crippen LogP contribution in [0, 0.1) is 0 Å². The van der Waals surface area contributed by atoms with Crippen molar-refractivity contribution in [2.24, 2.45) is 0 Å². The number of hydrogen-bond acceptors (Lipinski definition) is 5. The molecule has 0 aliphatic carbocycles. The highest BCUT2D eigenvalue weighted by atomic mass is 31.2. The lowest BCUT2D eigenvalue weighted by Crippen LogP contribution is -2.24. The fraction of sp³-hybridized carbons (Fsp3) is 0.667. The van der Waals surface area contributed by atoms with E-state index in [1.54, 1.807) is 11.1 Å². The van der Waals surface area contributed by atoms with Crippen molar-refractivity contribution in [1.29, 1.82) is 0 Å². The monoisotopic (exact) mass is 208 g/mol. The molecular weight excluding hydrogens is 195 g/mol. The molecule has 1 rings (SSSR count). The van der Waals surface area contributed by atoms with Gasteiger partial charge in [-0.2, -0.15) is 0 Å². The van der Waals surface area contributed by atoms with E-state index >= 15 is 0 Å². The SMILES string of the molecule is CN1C=CN(COP(=O)(O)CO)C1. The van der Waals surface area contributed by atoms with E-state index in [0.29, 0.717) is 6.67 Å². The molecule has 0 aromatic carbocycles. The lowest BCUT2D eigenvalue weighted by atomic mass is 10.8. The van der Waals surface area contributed by atoms with Crippen LogP contribution >= 0.6 is 7.60 Å². The maximum atomic E-state index is 10.8. The summed E-state index contributed by atoms with van der Waals surface area (Å²) in [4.78, 5) is 12.5. The third-order valence-corrected chi connectivity index (χ3v) is 2.42. The summed E-state index contributed by atoms with van der Waals surface area (Å²) in [6, 6.07) is 0. The highest BCUT2D eigenvalue weighted by molar-refractivity contribution is 7.52. The van der Waals surface area contributed by atoms with Crippen LogP contribution in [0.25, 0.3) is 0 Å². The van der Waals surface area contributed by atoms with Crippen molar-refractivity contribution in [1.82, 2.24) is 9.80 Å². The van der Waals surface area contributed by atoms with Crippen molar-refractivity contribution < 1.29 is 19.1 Å². The highest BCUT2D eigenvalue weighted by Crippen LogP contribution is 2.40. The van der Waals surface area contributed by atoms with Crippen LogP contribution in [-0.4, -0.2) is 46.6 Å². The molecule has 1 heterocycles. The van der Waals surface area contributed by atoms with Gasteiger partial charge in [-0.05, 0) is 0 Å². The molecular formula is C6H13N2O4P. The predicted molar refractivity (Wildman–Crippen MR) is 46.5 cm³/mol. The first-order valence-corrected chi connectivity index (χ1v) is 5.49. The third-order valence-electron chi connectivity index (χ3n) is 1.54. The zero-order valence-electron chi connectivity index (χ0n) is 7.33. The van der Waals surface area contributed by atoms with Crippen molar-refractivity contribution in [3.8, 4) is 0 Å². The molecule has 2 N–H and O–H groups in total. The van der Waals surface area contributed by atoms with Crippen LogP contribution in [0.1, 0.15) is 0 Å². The highest BCUT2D eigenvalue weighted by Gasteiger charge is 2.19. The molecule has 7 heteroatoms. The zero-order chi connectivity index (χ0) is 9.90. The molecule has 1 atom stereocenters. The summed E-state index contributed by atoms with van der Waals surface area (Å²) in [5.74, 6) is 0. The van der Waals surface area contributed by atoms with Gasteiger partial charge in [-0.25, -0.2) is 0 Å². The Balaban J connectivity index is 2.28. The molecule has 0 fully saturated rings. The molecule has 0 saturated heterocycles. The van der Waals surface area contributed by atoms with Gasteiger partial charge >= 0.3 is 7.60 Å². The molecule has 0 bridgehead atoms. The summed E-state index contributed by atoms with van der Waals surface area (Å²) in [5.41, 5.74) is 0. The van der Waals surface area contributed by atoms with E-state index in [0.717, 1.165) is 0 Å². The van der Waals surface area contributed by atoms with Crippen LogP contribution in [0.3, 0.4) is 0 Å². The quantitative estimate of drug-likeness (QED) is 0.622. The summed E-state index contributed by atoms with van der Waals surface area (Å²) in [6.07, 6.45) is 2.72. The molecule has 0 aromatic heterocycles. The number of hydrogen-bond donors (Lipinski definition) is 2. The molecule has 0 spiro atoms. The summed E-state index contributed by atoms with van der Waals surface area (Å²) in [6.45, 7) is 0.626. The van der Waals surface area contributed by atoms with Crippen LogP contribution in [0.2, 0.25) is 0 Å². The molecule has 0 amide bonds. The van der Waals surface area contributed by atoms with Gasteiger partial charge < -0.3 is 19.8 Å². The number of nitrogens with zero attached hydrogens (tertiary/aromatic N) is 2. The number of aliphatic hydroxyl groups is 1. The molecule has 0 saturated carbocycles. The summed E-state index contributed by atoms with van der Waals surface area (Å²) in [5, 5.41) is 8.43. The molecule has 1 aliphatic heterocycles. The van der Waals surface area contributed by atoms with Crippen LogP contribution in [0.15, 0.2) is 12.4 Å². The second-order valence-corrected chi connectivity index (χ2v) is 4.64. The minimum atomic E-state index is -3.78. The summed E-state index contributed by atoms with van der Waals surface area (Å²) < 4.78 is 15.5. The Kier molecular flexibility index (Phi) is 3.33. The van der Waals surface area contributed by atoms with E-state index in [9.17, 15) is 4.57 Å². The average molecular weight is 208 g/mol. The average Bonchev–Trinajstić information content (AvgIpc) is 2.48. The van der Waals surface area contributed by atoms with Gasteiger partial charge in [-0.15, -0.1) is 0 Å². The first-order valence-electron chi connectivity index (χ1n) is 3.73. The molecule has 6 nitrogen and oxygen atoms in total. The van der Waals surface area contributed by atoms with Gasteiger partial charge in [0.05, 0.1) is 6.67 Å². The summed E-state index contributed by atoms with van der Waals surface area (Å²) in [7, 11) is -1.91. The third kappa shape index (κ3) is 3.36. The van der Waals surface area contributed by atoms with Crippen LogP contribution in [0.4, 0.5) is 0 Å². The normalized spacial score (nSPS) is 20.8. The minimum Gasteiger partial charge on any atom is -0.384 e. The summed E-state index contributed by atoms with van der Waals surface area (Å²) >= 11 is 0. The minimum absolute atomic E-state index is 0.00910. The smallest absolute Gasteiger partial charge is 0.354 e. The molecule has 0 aromatic rings. The second-order valence-electron chi connectivity index (χ2n) is 2.82. The van der Waals surface area contributed by atoms with E-state index in [4.69, 9.17) is 10.00 Å². The molecule has 13 heavy (non-hydrogen) atoms. The van der Waals surface area contributed by atoms with Crippen molar-refractivity contribution >= 4 is 7.60 Å². The van der Waals surface area contributed by atoms with Gasteiger partial charge in [0.2, 0.25) is 0 Å². The molecule has 0 radical (unpaired) electrons. The van der Waals surface area contributed by atoms with E-state index in [1.165, 1.54) is 0 Å². The van der Waals surface area contributed by atoms with Crippen molar-refractivity contribution in [2.45, 2.75) is 0 Å². The van der Waals surface area contributed by atoms with Crippen molar-refractivity contribution in [3.05, 3.63) is 12.4 Å². The first kappa shape index (κ1) is 10.5. The largest absolute Gasteiger partial charge is 0.384 e. The van der Waals surface area contributed by atoms with Crippen LogP contribution in [0.5, 0.6) is 0 Å². The Morgan fingerprint density at radius 1 is 1.62 bits per heavy atom. The Labute approximate surface area is 76.6 Å². The van der Waals surface area contributed by atoms with Crippen molar-refractivity contribution in [2.75, 3.05) is 26.8 Å². The molecule has 1 unspecified atom stereocenters. The maximum Gasteiger partial charge on any atom is 0.354 e. The molecule has 1 aliphatic rings. The van der Waals surface area contributed by atoms with Gasteiger partial charge in [0, 0.05) is 19.4 Å². The van der Waals surface area contributed by atoms with Gasteiger partial charge in [-0.1, -0.05) is 0 Å². The van der Waals surface area contributed by atoms with Gasteiger partial charge in [0.1, 0.15) is 13.1 Å². The fourth-order valence-electron chi connectivity index (χ4n) is 0.878. The Bertz CT molecular complexity index is 245. The van der Waals surface area contributed by atoms with Gasteiger partial charge in [-0.3, -0.25) is 9.09 Å². The topological polar surface area (TPSA) is 73.2 Å². The Hall–Kier alpha value is -0.550. The van der Waals surface area contributed by atoms with Gasteiger partial charge in [0.25, 0.3) is 0 Å². The number of rotatable bonds is 4. The van der Waals surface area contributed by atoms with E-state index < -0.39 is 13.9 Å². The molecule has 76 valence electrons. The standard InChI is InChI=1S/C6H13N2O4P/c1-7-2-3-8(4-7)5-12-13(10,11)6-9/h2-3,9H,4-6H2,1H3,(H,10,11). The first-order chi connectivity index (χ1) is 6.03. The fourth-order valence-corrected chi connectivity index (χ4v) is 1.29. The lowest BCUT2D eigenvalue weighted by Gasteiger charge is -2.19. The van der Waals surface area contributed by atoms with Gasteiger partial charge in [0.15, 0.2) is 0 Å². The van der Waals surface area contributed by atoms with E-state index in [-0.39, 0.29) is 6.73 Å². The van der Waals surface area contributed by atoms with Crippen molar-refractivity contribution in [3.63, 3.8) is 0 Å². The number of aliphatic hydroxyl groups excluding tert-OH is 1. The van der Waals surface area contributed by atoms with E-state index in [1.807, 2.05) is 18.1 Å². The Morgan fingerprint density at radius 2 is 2.31 bits per heavy atom. The van der Waals surface area contributed by atoms with Crippen LogP contribution < -0.4 is 0 Å². The second kappa shape index (κ2) is 4.11. The maximum absolute atomic E-state index is 10.8. The Morgan fingerprint density at radius 3 is 2.77 bits per heavy atom. The zero-order valence-corrected chi connectivity index (χ0v) is 8.22. The van der Waals surface area contributed by atoms with E-state index in [2.05, 4.69) is 4.52 Å². The van der Waals surface area contributed by atoms with Crippen LogP contribution in [-0.2, 0) is 9.09 Å². The lowest BCUT2D eigenvalue weighted by molar-refractivity contribution is 0.129. The predicted octanol–water partition coefficient (Wildman–Crippen LogP) is -0.228.